The Balaban J connectivity index is 1.46. The van der Waals surface area contributed by atoms with Crippen molar-refractivity contribution < 1.29 is 13.5 Å². The first-order valence-electron chi connectivity index (χ1n) is 8.94. The summed E-state index contributed by atoms with van der Waals surface area (Å²) in [4.78, 5) is 1.75. The van der Waals surface area contributed by atoms with Crippen LogP contribution in [0.1, 0.15) is 23.4 Å². The quantitative estimate of drug-likeness (QED) is 0.661. The van der Waals surface area contributed by atoms with Gasteiger partial charge in [0.25, 0.3) is 6.43 Å². The number of nitriles is 1. The predicted octanol–water partition coefficient (Wildman–Crippen LogP) is 2.61. The third kappa shape index (κ3) is 3.88. The third-order valence-electron chi connectivity index (χ3n) is 4.47. The van der Waals surface area contributed by atoms with Crippen LogP contribution in [0.15, 0.2) is 48.3 Å². The third-order valence-corrected chi connectivity index (χ3v) is 4.47. The molecule has 0 radical (unpaired) electrons. The molecule has 3 heterocycles. The van der Waals surface area contributed by atoms with E-state index in [0.717, 1.165) is 0 Å². The van der Waals surface area contributed by atoms with Gasteiger partial charge in [-0.3, -0.25) is 0 Å². The van der Waals surface area contributed by atoms with E-state index in [1.807, 2.05) is 6.07 Å². The van der Waals surface area contributed by atoms with Gasteiger partial charge in [0.2, 0.25) is 5.88 Å². The van der Waals surface area contributed by atoms with Crippen LogP contribution in [-0.4, -0.2) is 31.9 Å². The number of halogens is 2. The highest BCUT2D eigenvalue weighted by Crippen LogP contribution is 2.22. The molecule has 0 saturated carbocycles. The summed E-state index contributed by atoms with van der Waals surface area (Å²) in [5.41, 5.74) is 2.30. The minimum absolute atomic E-state index is 0.0614. The minimum atomic E-state index is -2.53. The Bertz CT molecular complexity index is 1100. The summed E-state index contributed by atoms with van der Waals surface area (Å²) in [5.74, 6) is 0.873. The van der Waals surface area contributed by atoms with Crippen molar-refractivity contribution in [2.45, 2.75) is 20.0 Å². The van der Waals surface area contributed by atoms with Crippen LogP contribution in [0, 0.1) is 18.3 Å². The van der Waals surface area contributed by atoms with Crippen LogP contribution in [0.2, 0.25) is 0 Å². The summed E-state index contributed by atoms with van der Waals surface area (Å²) in [7, 11) is 0. The summed E-state index contributed by atoms with van der Waals surface area (Å²) >= 11 is 0. The van der Waals surface area contributed by atoms with Gasteiger partial charge in [-0.25, -0.2) is 13.5 Å². The largest absolute Gasteiger partial charge is 0.470 e. The fourth-order valence-corrected chi connectivity index (χ4v) is 2.83. The smallest absolute Gasteiger partial charge is 0.263 e. The maximum atomic E-state index is 12.8. The number of nitrogens with zero attached hydrogens (tertiary/aromatic N) is 7. The zero-order chi connectivity index (χ0) is 21.1. The van der Waals surface area contributed by atoms with E-state index in [9.17, 15) is 8.78 Å². The zero-order valence-electron chi connectivity index (χ0n) is 15.8. The molecule has 0 bridgehead atoms. The highest BCUT2D eigenvalue weighted by atomic mass is 19.3. The summed E-state index contributed by atoms with van der Waals surface area (Å²) < 4.78 is 32.8. The number of allylic oxidation sites excluding steroid dienone is 1. The van der Waals surface area contributed by atoms with E-state index in [0.29, 0.717) is 41.1 Å². The molecule has 0 fully saturated rings. The summed E-state index contributed by atoms with van der Waals surface area (Å²) in [6, 6.07) is 11.2. The molecule has 152 valence electrons. The Hall–Kier alpha value is -4.07. The van der Waals surface area contributed by atoms with E-state index in [1.165, 1.54) is 16.8 Å². The van der Waals surface area contributed by atoms with Gasteiger partial charge < -0.3 is 15.0 Å². The highest BCUT2D eigenvalue weighted by Gasteiger charge is 2.16. The Morgan fingerprint density at radius 1 is 1.17 bits per heavy atom. The molecule has 1 aliphatic rings. The van der Waals surface area contributed by atoms with Crippen molar-refractivity contribution in [1.29, 1.82) is 5.26 Å². The lowest BCUT2D eigenvalue weighted by Gasteiger charge is -2.13. The van der Waals surface area contributed by atoms with Gasteiger partial charge in [0.1, 0.15) is 24.1 Å². The zero-order valence-corrected chi connectivity index (χ0v) is 15.8. The fourth-order valence-electron chi connectivity index (χ4n) is 2.83. The van der Waals surface area contributed by atoms with Gasteiger partial charge in [-0.05, 0) is 25.1 Å². The summed E-state index contributed by atoms with van der Waals surface area (Å²) in [5, 5.41) is 28.1. The van der Waals surface area contributed by atoms with Crippen LogP contribution in [-0.2, 0) is 6.61 Å². The van der Waals surface area contributed by atoms with Gasteiger partial charge >= 0.3 is 0 Å². The van der Waals surface area contributed by atoms with Crippen LogP contribution in [0.25, 0.3) is 5.69 Å². The maximum absolute atomic E-state index is 12.8. The van der Waals surface area contributed by atoms with Crippen molar-refractivity contribution in [3.05, 3.63) is 65.2 Å². The van der Waals surface area contributed by atoms with E-state index in [-0.39, 0.29) is 12.2 Å². The maximum Gasteiger partial charge on any atom is 0.263 e. The molecule has 0 atom stereocenters. The van der Waals surface area contributed by atoms with Crippen LogP contribution in [0.3, 0.4) is 0 Å². The molecule has 0 unspecified atom stereocenters. The van der Waals surface area contributed by atoms with Crippen LogP contribution in [0.4, 0.5) is 14.6 Å². The number of nitrogens with one attached hydrogen (secondary N) is 1. The fraction of sp³-hybridized carbons (Fsp3) is 0.211. The van der Waals surface area contributed by atoms with E-state index in [2.05, 4.69) is 25.8 Å². The number of hydrogen-bond acceptors (Lipinski definition) is 8. The number of aromatic nitrogens is 5. The van der Waals surface area contributed by atoms with E-state index in [1.54, 1.807) is 42.3 Å². The Morgan fingerprint density at radius 3 is 2.60 bits per heavy atom. The van der Waals surface area contributed by atoms with Crippen LogP contribution in [0.5, 0.6) is 5.88 Å². The molecule has 1 N–H and O–H groups in total. The number of hydrogen-bond donors (Lipinski definition) is 1. The van der Waals surface area contributed by atoms with Crippen molar-refractivity contribution in [2.24, 2.45) is 0 Å². The lowest BCUT2D eigenvalue weighted by atomic mass is 10.2. The first-order valence-corrected chi connectivity index (χ1v) is 8.94. The predicted molar refractivity (Wildman–Crippen MR) is 102 cm³/mol. The van der Waals surface area contributed by atoms with Gasteiger partial charge in [-0.15, -0.1) is 15.3 Å². The van der Waals surface area contributed by atoms with Gasteiger partial charge in [0, 0.05) is 17.8 Å². The first kappa shape index (κ1) is 19.3. The molecular formula is C19H16F2N8O. The molecule has 9 nitrogen and oxygen atoms in total. The average molecular weight is 410 g/mol. The molecule has 0 saturated heterocycles. The number of aryl methyl sites for hydroxylation is 1. The molecule has 0 aliphatic carbocycles. The highest BCUT2D eigenvalue weighted by molar-refractivity contribution is 5.46. The first-order chi connectivity index (χ1) is 14.5. The molecule has 2 aromatic heterocycles. The monoisotopic (exact) mass is 410 g/mol. The second-order valence-electron chi connectivity index (χ2n) is 6.40. The number of ether oxygens (including phenoxy) is 1. The van der Waals surface area contributed by atoms with Crippen molar-refractivity contribution in [3.63, 3.8) is 0 Å². The lowest BCUT2D eigenvalue weighted by molar-refractivity contribution is 0.151. The minimum Gasteiger partial charge on any atom is -0.470 e. The van der Waals surface area contributed by atoms with E-state index < -0.39 is 6.43 Å². The normalized spacial score (nSPS) is 13.2. The standard InChI is InChI=1S/C19H16F2N8O/c1-12-16(29(27-24-12)15-4-2-13(3-5-15)19(20)21)10-30-18-7-6-17(25-26-18)28-9-14(8-22)23-11-28/h2-7,9,19,23H,10-11H2,1H3. The van der Waals surface area contributed by atoms with Gasteiger partial charge in [0.15, 0.2) is 5.82 Å². The molecule has 3 aromatic rings. The van der Waals surface area contributed by atoms with Crippen molar-refractivity contribution in [3.8, 4) is 17.6 Å². The van der Waals surface area contributed by atoms with E-state index in [4.69, 9.17) is 10.00 Å². The SMILES string of the molecule is Cc1nnn(-c2ccc(C(F)F)cc2)c1COc1ccc(N2C=C(C#N)NC2)nn1. The Kier molecular flexibility index (Phi) is 5.21. The molecule has 1 aliphatic heterocycles. The Labute approximate surface area is 170 Å². The number of anilines is 1. The molecule has 4 rings (SSSR count). The molecule has 0 amide bonds. The van der Waals surface area contributed by atoms with Gasteiger partial charge in [0.05, 0.1) is 18.1 Å². The number of rotatable bonds is 6. The topological polar surface area (TPSA) is 105 Å². The number of alkyl halides is 2. The molecular weight excluding hydrogens is 394 g/mol. The molecule has 1 aromatic carbocycles. The van der Waals surface area contributed by atoms with Crippen molar-refractivity contribution in [2.75, 3.05) is 11.6 Å². The van der Waals surface area contributed by atoms with Crippen molar-refractivity contribution >= 4 is 5.82 Å². The van der Waals surface area contributed by atoms with Gasteiger partial charge in [-0.1, -0.05) is 17.3 Å². The van der Waals surface area contributed by atoms with Gasteiger partial charge in [-0.2, -0.15) is 5.26 Å². The lowest BCUT2D eigenvalue weighted by Crippen LogP contribution is -2.21. The average Bonchev–Trinajstić information content (AvgIpc) is 3.39. The molecule has 11 heteroatoms. The second-order valence-corrected chi connectivity index (χ2v) is 6.40. The summed E-state index contributed by atoms with van der Waals surface area (Å²) in [6.07, 6.45) is -0.878. The molecule has 30 heavy (non-hydrogen) atoms. The second kappa shape index (κ2) is 8.12. The van der Waals surface area contributed by atoms with Crippen LogP contribution >= 0.6 is 0 Å². The Morgan fingerprint density at radius 2 is 1.97 bits per heavy atom. The van der Waals surface area contributed by atoms with Crippen molar-refractivity contribution in [1.82, 2.24) is 30.5 Å². The number of benzene rings is 1. The summed E-state index contributed by atoms with van der Waals surface area (Å²) in [6.45, 7) is 2.34. The van der Waals surface area contributed by atoms with Crippen LogP contribution < -0.4 is 15.0 Å². The van der Waals surface area contributed by atoms with E-state index >= 15 is 0 Å². The molecule has 0 spiro atoms.